The van der Waals surface area contributed by atoms with E-state index < -0.39 is 28.8 Å². The first-order valence-electron chi connectivity index (χ1n) is 5.91. The second-order valence-corrected chi connectivity index (χ2v) is 5.79. The maximum Gasteiger partial charge on any atom is 0.416 e. The molecule has 8 heteroatoms. The summed E-state index contributed by atoms with van der Waals surface area (Å²) in [5.74, 6) is -1.11. The lowest BCUT2D eigenvalue weighted by Gasteiger charge is -2.15. The Hall–Kier alpha value is -1.83. The van der Waals surface area contributed by atoms with Gasteiger partial charge in [-0.1, -0.05) is 11.8 Å². The smallest absolute Gasteiger partial charge is 0.288 e. The Bertz CT molecular complexity index is 598. The summed E-state index contributed by atoms with van der Waals surface area (Å²) in [5, 5.41) is -1.10. The zero-order chi connectivity index (χ0) is 15.8. The van der Waals surface area contributed by atoms with Gasteiger partial charge in [-0.3, -0.25) is 14.4 Å². The van der Waals surface area contributed by atoms with Gasteiger partial charge in [0.05, 0.1) is 11.3 Å². The molecule has 1 aromatic rings. The van der Waals surface area contributed by atoms with Gasteiger partial charge in [0.1, 0.15) is 5.25 Å². The Morgan fingerprint density at radius 2 is 1.81 bits per heavy atom. The zero-order valence-electron chi connectivity index (χ0n) is 10.8. The summed E-state index contributed by atoms with van der Waals surface area (Å²) in [5.41, 5.74) is -0.787. The number of carbonyl (C=O) groups is 3. The number of hydrogen-bond donors (Lipinski definition) is 0. The highest BCUT2D eigenvalue weighted by molar-refractivity contribution is 8.14. The lowest BCUT2D eigenvalue weighted by Crippen LogP contribution is -2.31. The van der Waals surface area contributed by atoms with Crippen LogP contribution in [0.1, 0.15) is 18.9 Å². The third-order valence-electron chi connectivity index (χ3n) is 2.87. The molecule has 1 heterocycles. The maximum absolute atomic E-state index is 12.5. The molecule has 1 fully saturated rings. The van der Waals surface area contributed by atoms with Crippen molar-refractivity contribution in [1.29, 1.82) is 0 Å². The van der Waals surface area contributed by atoms with E-state index in [1.54, 1.807) is 0 Å². The van der Waals surface area contributed by atoms with Gasteiger partial charge in [-0.05, 0) is 24.3 Å². The summed E-state index contributed by atoms with van der Waals surface area (Å²) in [6.07, 6.45) is -4.62. The summed E-state index contributed by atoms with van der Waals surface area (Å²) in [7, 11) is 0. The van der Waals surface area contributed by atoms with Crippen LogP contribution in [0.2, 0.25) is 0 Å². The predicted molar refractivity (Wildman–Crippen MR) is 70.6 cm³/mol. The van der Waals surface area contributed by atoms with Crippen molar-refractivity contribution in [3.05, 3.63) is 29.8 Å². The number of benzene rings is 1. The lowest BCUT2D eigenvalue weighted by molar-refractivity contribution is -0.137. The summed E-state index contributed by atoms with van der Waals surface area (Å²) < 4.78 is 37.4. The van der Waals surface area contributed by atoms with E-state index in [4.69, 9.17) is 0 Å². The Morgan fingerprint density at radius 3 is 2.29 bits per heavy atom. The molecule has 0 unspecified atom stereocenters. The molecule has 0 aromatic heterocycles. The van der Waals surface area contributed by atoms with E-state index in [-0.39, 0.29) is 17.2 Å². The Morgan fingerprint density at radius 1 is 1.24 bits per heavy atom. The normalized spacial score (nSPS) is 19.2. The van der Waals surface area contributed by atoms with Gasteiger partial charge in [-0.15, -0.1) is 0 Å². The van der Waals surface area contributed by atoms with Crippen LogP contribution < -0.4 is 4.90 Å². The van der Waals surface area contributed by atoms with Crippen LogP contribution in [-0.2, 0) is 20.6 Å². The van der Waals surface area contributed by atoms with E-state index in [2.05, 4.69) is 0 Å². The summed E-state index contributed by atoms with van der Waals surface area (Å²) in [4.78, 5) is 35.7. The molecule has 1 aliphatic rings. The van der Waals surface area contributed by atoms with Crippen LogP contribution in [0.3, 0.4) is 0 Å². The summed E-state index contributed by atoms with van der Waals surface area (Å²) in [6.45, 7) is 1.28. The van der Waals surface area contributed by atoms with E-state index in [1.165, 1.54) is 6.92 Å². The molecule has 0 N–H and O–H groups in total. The molecule has 4 nitrogen and oxygen atoms in total. The van der Waals surface area contributed by atoms with Gasteiger partial charge in [-0.2, -0.15) is 13.2 Å². The molecule has 1 aromatic carbocycles. The number of carbonyl (C=O) groups excluding carboxylic acids is 3. The van der Waals surface area contributed by atoms with E-state index in [9.17, 15) is 27.6 Å². The van der Waals surface area contributed by atoms with E-state index >= 15 is 0 Å². The molecule has 2 rings (SSSR count). The van der Waals surface area contributed by atoms with Crippen molar-refractivity contribution in [1.82, 2.24) is 0 Å². The molecule has 1 aliphatic heterocycles. The van der Waals surface area contributed by atoms with Gasteiger partial charge in [0, 0.05) is 13.3 Å². The highest BCUT2D eigenvalue weighted by Gasteiger charge is 2.41. The van der Waals surface area contributed by atoms with Crippen LogP contribution in [0.4, 0.5) is 18.9 Å². The van der Waals surface area contributed by atoms with Crippen LogP contribution in [0.15, 0.2) is 24.3 Å². The topological polar surface area (TPSA) is 54.5 Å². The molecule has 0 spiro atoms. The summed E-state index contributed by atoms with van der Waals surface area (Å²) >= 11 is 0.749. The zero-order valence-corrected chi connectivity index (χ0v) is 11.6. The van der Waals surface area contributed by atoms with Crippen molar-refractivity contribution in [2.75, 3.05) is 4.90 Å². The first-order valence-corrected chi connectivity index (χ1v) is 6.79. The molecule has 112 valence electrons. The number of anilines is 1. The Labute approximate surface area is 122 Å². The first-order chi connectivity index (χ1) is 9.70. The van der Waals surface area contributed by atoms with Crippen molar-refractivity contribution >= 4 is 34.4 Å². The van der Waals surface area contributed by atoms with Crippen LogP contribution in [0, 0.1) is 0 Å². The molecular weight excluding hydrogens is 307 g/mol. The second kappa shape index (κ2) is 5.51. The molecule has 2 amide bonds. The van der Waals surface area contributed by atoms with Gasteiger partial charge in [0.2, 0.25) is 11.8 Å². The second-order valence-electron chi connectivity index (χ2n) is 4.41. The van der Waals surface area contributed by atoms with E-state index in [0.717, 1.165) is 40.9 Å². The minimum Gasteiger partial charge on any atom is -0.288 e. The average molecular weight is 317 g/mol. The van der Waals surface area contributed by atoms with Crippen LogP contribution >= 0.6 is 11.8 Å². The lowest BCUT2D eigenvalue weighted by atomic mass is 10.2. The SMILES string of the molecule is CC(=O)S[C@H]1CC(=O)N(c2ccc(C(F)(F)F)cc2)C1=O. The van der Waals surface area contributed by atoms with Crippen molar-refractivity contribution in [2.24, 2.45) is 0 Å². The number of imide groups is 1. The van der Waals surface area contributed by atoms with Crippen LogP contribution in [-0.4, -0.2) is 22.2 Å². The van der Waals surface area contributed by atoms with Crippen molar-refractivity contribution in [3.63, 3.8) is 0 Å². The number of amides is 2. The van der Waals surface area contributed by atoms with Gasteiger partial charge in [-0.25, -0.2) is 4.90 Å². The minimum atomic E-state index is -4.48. The highest BCUT2D eigenvalue weighted by Crippen LogP contribution is 2.33. The van der Waals surface area contributed by atoms with Crippen molar-refractivity contribution in [3.8, 4) is 0 Å². The fourth-order valence-corrected chi connectivity index (χ4v) is 2.80. The Kier molecular flexibility index (Phi) is 4.08. The van der Waals surface area contributed by atoms with Crippen molar-refractivity contribution in [2.45, 2.75) is 24.8 Å². The van der Waals surface area contributed by atoms with Gasteiger partial charge < -0.3 is 0 Å². The largest absolute Gasteiger partial charge is 0.416 e. The molecule has 1 saturated heterocycles. The van der Waals surface area contributed by atoms with Gasteiger partial charge in [0.15, 0.2) is 5.12 Å². The monoisotopic (exact) mass is 317 g/mol. The van der Waals surface area contributed by atoms with Gasteiger partial charge in [0.25, 0.3) is 0 Å². The first kappa shape index (κ1) is 15.6. The van der Waals surface area contributed by atoms with E-state index in [0.29, 0.717) is 0 Å². The number of hydrogen-bond acceptors (Lipinski definition) is 4. The quantitative estimate of drug-likeness (QED) is 0.787. The predicted octanol–water partition coefficient (Wildman–Crippen LogP) is 2.62. The third-order valence-corrected chi connectivity index (χ3v) is 3.85. The molecule has 1 atom stereocenters. The number of alkyl halides is 3. The van der Waals surface area contributed by atoms with E-state index in [1.807, 2.05) is 0 Å². The molecule has 0 saturated carbocycles. The third kappa shape index (κ3) is 3.26. The number of rotatable bonds is 2. The van der Waals surface area contributed by atoms with Crippen LogP contribution in [0.5, 0.6) is 0 Å². The summed E-state index contributed by atoms with van der Waals surface area (Å²) in [6, 6.07) is 3.75. The van der Waals surface area contributed by atoms with Crippen LogP contribution in [0.25, 0.3) is 0 Å². The molecule has 0 aliphatic carbocycles. The fraction of sp³-hybridized carbons (Fsp3) is 0.308. The van der Waals surface area contributed by atoms with Crippen molar-refractivity contribution < 1.29 is 27.6 Å². The Balaban J connectivity index is 2.24. The van der Waals surface area contributed by atoms with Gasteiger partial charge >= 0.3 is 6.18 Å². The fourth-order valence-electron chi connectivity index (χ4n) is 1.97. The molecule has 0 bridgehead atoms. The standard InChI is InChI=1S/C13H10F3NO3S/c1-7(18)21-10-6-11(19)17(12(10)20)9-4-2-8(3-5-9)13(14,15)16/h2-5,10H,6H2,1H3/t10-/m0/s1. The average Bonchev–Trinajstić information content (AvgIpc) is 2.63. The highest BCUT2D eigenvalue weighted by atomic mass is 32.2. The maximum atomic E-state index is 12.5. The number of thioether (sulfide) groups is 1. The molecule has 21 heavy (non-hydrogen) atoms. The minimum absolute atomic E-state index is 0.0738. The number of halogens is 3. The molecular formula is C13H10F3NO3S. The molecule has 0 radical (unpaired) electrons. The number of nitrogens with zero attached hydrogens (tertiary/aromatic N) is 1.